The number of rotatable bonds is 4. The molecule has 0 spiro atoms. The Morgan fingerprint density at radius 3 is 2.64 bits per heavy atom. The third-order valence-corrected chi connectivity index (χ3v) is 7.18. The number of fused-ring (bicyclic) bond motifs is 1. The number of nitrogens with one attached hydrogen (secondary N) is 1. The number of hydrogen-bond acceptors (Lipinski definition) is 4. The minimum Gasteiger partial charge on any atom is -0.356 e. The fourth-order valence-electron chi connectivity index (χ4n) is 3.84. The van der Waals surface area contributed by atoms with Gasteiger partial charge in [0.25, 0.3) is 0 Å². The van der Waals surface area contributed by atoms with Gasteiger partial charge in [-0.2, -0.15) is 0 Å². The van der Waals surface area contributed by atoms with E-state index in [1.807, 2.05) is 51.1 Å². The topological polar surface area (TPSA) is 72.2 Å². The third kappa shape index (κ3) is 3.38. The van der Waals surface area contributed by atoms with Crippen molar-refractivity contribution in [3.8, 4) is 11.3 Å². The number of aryl methyl sites for hydroxylation is 3. The summed E-state index contributed by atoms with van der Waals surface area (Å²) in [6.45, 7) is 5.61. The van der Waals surface area contributed by atoms with Crippen LogP contribution in [0.1, 0.15) is 46.8 Å². The van der Waals surface area contributed by atoms with Crippen LogP contribution in [0.2, 0.25) is 0 Å². The Hall–Kier alpha value is -2.44. The van der Waals surface area contributed by atoms with Gasteiger partial charge in [0.15, 0.2) is 5.76 Å². The molecule has 6 heteroatoms. The van der Waals surface area contributed by atoms with Crippen molar-refractivity contribution < 1.29 is 12.9 Å². The molecule has 28 heavy (non-hydrogen) atoms. The van der Waals surface area contributed by atoms with Gasteiger partial charge >= 0.3 is 0 Å². The Bertz CT molecular complexity index is 1130. The zero-order chi connectivity index (χ0) is 19.9. The minimum atomic E-state index is -3.68. The molecule has 0 amide bonds. The van der Waals surface area contributed by atoms with Gasteiger partial charge in [-0.1, -0.05) is 41.6 Å². The number of sulfonamides is 1. The lowest BCUT2D eigenvalue weighted by Crippen LogP contribution is -2.31. The van der Waals surface area contributed by atoms with E-state index in [2.05, 4.69) is 15.9 Å². The van der Waals surface area contributed by atoms with Gasteiger partial charge in [-0.3, -0.25) is 0 Å². The predicted octanol–water partition coefficient (Wildman–Crippen LogP) is 4.62. The van der Waals surface area contributed by atoms with E-state index in [0.717, 1.165) is 36.1 Å². The summed E-state index contributed by atoms with van der Waals surface area (Å²) in [5, 5.41) is 3.99. The van der Waals surface area contributed by atoms with Gasteiger partial charge in [-0.05, 0) is 62.8 Å². The van der Waals surface area contributed by atoms with Crippen LogP contribution in [-0.4, -0.2) is 13.6 Å². The first-order valence-corrected chi connectivity index (χ1v) is 11.0. The van der Waals surface area contributed by atoms with E-state index in [0.29, 0.717) is 16.9 Å². The highest BCUT2D eigenvalue weighted by Crippen LogP contribution is 2.33. The van der Waals surface area contributed by atoms with E-state index in [1.54, 1.807) is 6.07 Å². The first kappa shape index (κ1) is 18.9. The summed E-state index contributed by atoms with van der Waals surface area (Å²) in [5.74, 6) is 0.608. The molecule has 1 aliphatic rings. The molecule has 4 rings (SSSR count). The molecular weight excluding hydrogens is 372 g/mol. The number of nitrogens with zero attached hydrogens (tertiary/aromatic N) is 1. The van der Waals surface area contributed by atoms with Crippen LogP contribution in [-0.2, 0) is 16.4 Å². The number of hydrogen-bond donors (Lipinski definition) is 1. The van der Waals surface area contributed by atoms with Gasteiger partial charge in [-0.25, -0.2) is 13.1 Å². The standard InChI is InChI=1S/C22H24N2O3S/c1-14-11-12-18(22-15(2)16(3)23-27-22)13-21(14)28(25,26)24-20-10-6-8-17-7-4-5-9-19(17)20/h4-5,7,9,11-13,20,24H,6,8,10H2,1-3H3/t20-/m1/s1. The molecule has 3 aromatic rings. The molecular formula is C22H24N2O3S. The zero-order valence-corrected chi connectivity index (χ0v) is 17.1. The van der Waals surface area contributed by atoms with Crippen LogP contribution in [0, 0.1) is 20.8 Å². The second-order valence-corrected chi connectivity index (χ2v) is 9.15. The van der Waals surface area contributed by atoms with Crippen LogP contribution >= 0.6 is 0 Å². The largest absolute Gasteiger partial charge is 0.356 e. The van der Waals surface area contributed by atoms with Gasteiger partial charge in [-0.15, -0.1) is 0 Å². The molecule has 1 aliphatic carbocycles. The summed E-state index contributed by atoms with van der Waals surface area (Å²) in [7, 11) is -3.68. The van der Waals surface area contributed by atoms with Crippen LogP contribution in [0.3, 0.4) is 0 Å². The molecule has 2 aromatic carbocycles. The SMILES string of the molecule is Cc1ccc(-c2onc(C)c2C)cc1S(=O)(=O)N[C@@H]1CCCc2ccccc21. The lowest BCUT2D eigenvalue weighted by atomic mass is 9.88. The summed E-state index contributed by atoms with van der Waals surface area (Å²) in [6.07, 6.45) is 2.77. The zero-order valence-electron chi connectivity index (χ0n) is 16.3. The number of aromatic nitrogens is 1. The van der Waals surface area contributed by atoms with Crippen molar-refractivity contribution in [2.75, 3.05) is 0 Å². The van der Waals surface area contributed by atoms with Crippen LogP contribution in [0.15, 0.2) is 51.9 Å². The molecule has 146 valence electrons. The minimum absolute atomic E-state index is 0.202. The normalized spacial score (nSPS) is 16.8. The van der Waals surface area contributed by atoms with E-state index in [-0.39, 0.29) is 10.9 Å². The van der Waals surface area contributed by atoms with Crippen LogP contribution in [0.5, 0.6) is 0 Å². The highest BCUT2D eigenvalue weighted by Gasteiger charge is 2.27. The molecule has 5 nitrogen and oxygen atoms in total. The third-order valence-electron chi connectivity index (χ3n) is 5.56. The van der Waals surface area contributed by atoms with Crippen molar-refractivity contribution in [2.24, 2.45) is 0 Å². The van der Waals surface area contributed by atoms with Crippen LogP contribution in [0.25, 0.3) is 11.3 Å². The highest BCUT2D eigenvalue weighted by molar-refractivity contribution is 7.89. The second-order valence-electron chi connectivity index (χ2n) is 7.47. The van der Waals surface area contributed by atoms with Gasteiger partial charge in [0.1, 0.15) is 0 Å². The van der Waals surface area contributed by atoms with Crippen molar-refractivity contribution >= 4 is 10.0 Å². The van der Waals surface area contributed by atoms with Crippen molar-refractivity contribution in [2.45, 2.75) is 51.0 Å². The molecule has 1 heterocycles. The molecule has 0 saturated carbocycles. The smallest absolute Gasteiger partial charge is 0.241 e. The first-order valence-electron chi connectivity index (χ1n) is 9.51. The molecule has 0 radical (unpaired) electrons. The molecule has 0 aliphatic heterocycles. The van der Waals surface area contributed by atoms with E-state index in [9.17, 15) is 8.42 Å². The van der Waals surface area contributed by atoms with Gasteiger partial charge in [0.2, 0.25) is 10.0 Å². The maximum Gasteiger partial charge on any atom is 0.241 e. The van der Waals surface area contributed by atoms with Crippen molar-refractivity contribution in [1.82, 2.24) is 9.88 Å². The monoisotopic (exact) mass is 396 g/mol. The molecule has 1 aromatic heterocycles. The van der Waals surface area contributed by atoms with Crippen molar-refractivity contribution in [1.29, 1.82) is 0 Å². The van der Waals surface area contributed by atoms with Crippen molar-refractivity contribution in [3.63, 3.8) is 0 Å². The predicted molar refractivity (Wildman–Crippen MR) is 109 cm³/mol. The fraction of sp³-hybridized carbons (Fsp3) is 0.318. The summed E-state index contributed by atoms with van der Waals surface area (Å²) >= 11 is 0. The second kappa shape index (κ2) is 7.18. The Labute approximate surface area is 165 Å². The molecule has 1 atom stereocenters. The van der Waals surface area contributed by atoms with Gasteiger partial charge < -0.3 is 4.52 Å². The van der Waals surface area contributed by atoms with Crippen LogP contribution < -0.4 is 4.72 Å². The van der Waals surface area contributed by atoms with Crippen molar-refractivity contribution in [3.05, 3.63) is 70.4 Å². The molecule has 0 unspecified atom stereocenters. The van der Waals surface area contributed by atoms with Crippen LogP contribution in [0.4, 0.5) is 0 Å². The average molecular weight is 397 g/mol. The molecule has 1 N–H and O–H groups in total. The summed E-state index contributed by atoms with van der Waals surface area (Å²) in [6, 6.07) is 13.2. The molecule has 0 saturated heterocycles. The lowest BCUT2D eigenvalue weighted by Gasteiger charge is -2.26. The summed E-state index contributed by atoms with van der Waals surface area (Å²) in [4.78, 5) is 0.279. The summed E-state index contributed by atoms with van der Waals surface area (Å²) < 4.78 is 34.8. The lowest BCUT2D eigenvalue weighted by molar-refractivity contribution is 0.426. The Kier molecular flexibility index (Phi) is 4.85. The highest BCUT2D eigenvalue weighted by atomic mass is 32.2. The Balaban J connectivity index is 1.71. The fourth-order valence-corrected chi connectivity index (χ4v) is 5.36. The maximum atomic E-state index is 13.2. The average Bonchev–Trinajstić information content (AvgIpc) is 3.01. The molecule has 0 fully saturated rings. The van der Waals surface area contributed by atoms with E-state index >= 15 is 0 Å². The summed E-state index contributed by atoms with van der Waals surface area (Å²) in [5.41, 5.74) is 5.44. The maximum absolute atomic E-state index is 13.2. The quantitative estimate of drug-likeness (QED) is 0.698. The van der Waals surface area contributed by atoms with Gasteiger partial charge in [0, 0.05) is 17.2 Å². The van der Waals surface area contributed by atoms with E-state index in [4.69, 9.17) is 4.52 Å². The Morgan fingerprint density at radius 2 is 1.89 bits per heavy atom. The van der Waals surface area contributed by atoms with E-state index < -0.39 is 10.0 Å². The number of benzene rings is 2. The van der Waals surface area contributed by atoms with E-state index in [1.165, 1.54) is 5.56 Å². The first-order chi connectivity index (χ1) is 13.4. The Morgan fingerprint density at radius 1 is 1.11 bits per heavy atom. The van der Waals surface area contributed by atoms with Gasteiger partial charge in [0.05, 0.1) is 10.6 Å². The molecule has 0 bridgehead atoms.